The van der Waals surface area contributed by atoms with Gasteiger partial charge in [-0.1, -0.05) is 24.3 Å². The molecule has 2 aromatic heterocycles. The van der Waals surface area contributed by atoms with Gasteiger partial charge < -0.3 is 0 Å². The second-order valence-electron chi connectivity index (χ2n) is 5.61. The van der Waals surface area contributed by atoms with Crippen LogP contribution in [0.25, 0.3) is 0 Å². The molecule has 0 radical (unpaired) electrons. The predicted molar refractivity (Wildman–Crippen MR) is 93.0 cm³/mol. The van der Waals surface area contributed by atoms with E-state index < -0.39 is 11.6 Å². The molecule has 0 bridgehead atoms. The largest absolute Gasteiger partial charge is 0.295 e. The molecular weight excluding hydrogens is 338 g/mol. The number of nitrogens with zero attached hydrogens (tertiary/aromatic N) is 2. The fraction of sp³-hybridized carbons (Fsp3) is 0.167. The van der Waals surface area contributed by atoms with Crippen molar-refractivity contribution in [1.82, 2.24) is 15.2 Å². The van der Waals surface area contributed by atoms with Gasteiger partial charge in [-0.2, -0.15) is 5.10 Å². The second kappa shape index (κ2) is 7.31. The molecule has 1 aromatic carbocycles. The van der Waals surface area contributed by atoms with Crippen molar-refractivity contribution in [2.24, 2.45) is 0 Å². The SMILES string of the molecule is CC(=O)c1ccc(Cc2cc(CC(=O)C(=O)c3ncn[nH]3)cs2)cc1. The van der Waals surface area contributed by atoms with Crippen molar-refractivity contribution < 1.29 is 14.4 Å². The van der Waals surface area contributed by atoms with Crippen LogP contribution in [0.3, 0.4) is 0 Å². The van der Waals surface area contributed by atoms with Crippen LogP contribution >= 0.6 is 11.3 Å². The molecule has 2 heterocycles. The zero-order valence-electron chi connectivity index (χ0n) is 13.5. The number of thiophene rings is 1. The molecule has 0 unspecified atom stereocenters. The third kappa shape index (κ3) is 4.13. The quantitative estimate of drug-likeness (QED) is 0.521. The standard InChI is InChI=1S/C18H15N3O3S/c1-11(22)14-4-2-12(3-5-14)6-15-7-13(9-25-15)8-16(23)17(24)18-19-10-20-21-18/h2-5,7,9-10H,6,8H2,1H3,(H,19,20,21). The van der Waals surface area contributed by atoms with Crippen LogP contribution in [0.1, 0.15) is 43.9 Å². The number of rotatable bonds is 7. The molecule has 126 valence electrons. The van der Waals surface area contributed by atoms with Crippen LogP contribution < -0.4 is 0 Å². The van der Waals surface area contributed by atoms with E-state index in [1.165, 1.54) is 24.6 Å². The van der Waals surface area contributed by atoms with E-state index in [1.54, 1.807) is 0 Å². The van der Waals surface area contributed by atoms with E-state index in [1.807, 2.05) is 35.7 Å². The van der Waals surface area contributed by atoms with E-state index in [9.17, 15) is 14.4 Å². The highest BCUT2D eigenvalue weighted by Gasteiger charge is 2.19. The Labute approximate surface area is 147 Å². The molecule has 1 N–H and O–H groups in total. The Morgan fingerprint density at radius 1 is 1.12 bits per heavy atom. The van der Waals surface area contributed by atoms with Gasteiger partial charge in [-0.25, -0.2) is 4.98 Å². The molecule has 6 nitrogen and oxygen atoms in total. The minimum absolute atomic E-state index is 0.0361. The van der Waals surface area contributed by atoms with Crippen molar-refractivity contribution in [2.45, 2.75) is 19.8 Å². The Balaban J connectivity index is 1.63. The summed E-state index contributed by atoms with van der Waals surface area (Å²) < 4.78 is 0. The maximum Gasteiger partial charge on any atom is 0.265 e. The average molecular weight is 353 g/mol. The number of hydrogen-bond acceptors (Lipinski definition) is 6. The van der Waals surface area contributed by atoms with Gasteiger partial charge in [0, 0.05) is 23.3 Å². The lowest BCUT2D eigenvalue weighted by Crippen LogP contribution is -2.17. The number of benzene rings is 1. The number of aromatic amines is 1. The number of ketones is 3. The molecule has 3 rings (SSSR count). The van der Waals surface area contributed by atoms with Crippen molar-refractivity contribution in [3.05, 3.63) is 69.4 Å². The summed E-state index contributed by atoms with van der Waals surface area (Å²) in [7, 11) is 0. The summed E-state index contributed by atoms with van der Waals surface area (Å²) in [5.41, 5.74) is 2.58. The minimum Gasteiger partial charge on any atom is -0.295 e. The molecule has 0 atom stereocenters. The van der Waals surface area contributed by atoms with Gasteiger partial charge in [0.15, 0.2) is 11.6 Å². The Morgan fingerprint density at radius 2 is 1.88 bits per heavy atom. The molecule has 7 heteroatoms. The van der Waals surface area contributed by atoms with E-state index in [4.69, 9.17) is 0 Å². The Kier molecular flexibility index (Phi) is 4.95. The highest BCUT2D eigenvalue weighted by atomic mass is 32.1. The van der Waals surface area contributed by atoms with E-state index in [0.717, 1.165) is 16.0 Å². The van der Waals surface area contributed by atoms with Crippen LogP contribution in [0, 0.1) is 0 Å². The summed E-state index contributed by atoms with van der Waals surface area (Å²) in [5, 5.41) is 7.85. The fourth-order valence-electron chi connectivity index (χ4n) is 2.38. The van der Waals surface area contributed by atoms with Crippen molar-refractivity contribution >= 4 is 28.7 Å². The summed E-state index contributed by atoms with van der Waals surface area (Å²) in [4.78, 5) is 40.0. The molecule has 0 saturated heterocycles. The molecule has 0 spiro atoms. The van der Waals surface area contributed by atoms with E-state index in [2.05, 4.69) is 15.2 Å². The van der Waals surface area contributed by atoms with Gasteiger partial charge in [0.05, 0.1) is 0 Å². The Bertz CT molecular complexity index is 911. The molecule has 3 aromatic rings. The second-order valence-corrected chi connectivity index (χ2v) is 6.61. The number of Topliss-reactive ketones (excluding diaryl/α,β-unsaturated/α-hetero) is 3. The third-order valence-corrected chi connectivity index (χ3v) is 4.68. The normalized spacial score (nSPS) is 10.6. The molecule has 0 saturated carbocycles. The zero-order valence-corrected chi connectivity index (χ0v) is 14.3. The Morgan fingerprint density at radius 3 is 2.52 bits per heavy atom. The van der Waals surface area contributed by atoms with Crippen LogP contribution in [-0.4, -0.2) is 32.5 Å². The van der Waals surface area contributed by atoms with Crippen molar-refractivity contribution in [1.29, 1.82) is 0 Å². The summed E-state index contributed by atoms with van der Waals surface area (Å²) in [6.07, 6.45) is 1.95. The van der Waals surface area contributed by atoms with Crippen molar-refractivity contribution in [2.75, 3.05) is 0 Å². The van der Waals surface area contributed by atoms with Crippen LogP contribution in [0.5, 0.6) is 0 Å². The third-order valence-electron chi connectivity index (χ3n) is 3.69. The molecule has 25 heavy (non-hydrogen) atoms. The maximum absolute atomic E-state index is 12.0. The fourth-order valence-corrected chi connectivity index (χ4v) is 3.31. The van der Waals surface area contributed by atoms with Gasteiger partial charge in [-0.15, -0.1) is 11.3 Å². The lowest BCUT2D eigenvalue weighted by molar-refractivity contribution is -0.114. The van der Waals surface area contributed by atoms with Gasteiger partial charge in [-0.3, -0.25) is 19.5 Å². The first-order valence-electron chi connectivity index (χ1n) is 7.62. The van der Waals surface area contributed by atoms with Gasteiger partial charge in [-0.05, 0) is 29.5 Å². The lowest BCUT2D eigenvalue weighted by atomic mass is 10.0. The number of carbonyl (C=O) groups excluding carboxylic acids is 3. The predicted octanol–water partition coefficient (Wildman–Crippen LogP) is 2.65. The van der Waals surface area contributed by atoms with Gasteiger partial charge in [0.2, 0.25) is 5.78 Å². The summed E-state index contributed by atoms with van der Waals surface area (Å²) in [6, 6.07) is 9.40. The summed E-state index contributed by atoms with van der Waals surface area (Å²) in [5.74, 6) is -1.18. The minimum atomic E-state index is -0.662. The zero-order chi connectivity index (χ0) is 17.8. The molecule has 0 aliphatic carbocycles. The van der Waals surface area contributed by atoms with E-state index in [-0.39, 0.29) is 18.0 Å². The van der Waals surface area contributed by atoms with Crippen molar-refractivity contribution in [3.8, 4) is 0 Å². The van der Waals surface area contributed by atoms with Crippen LogP contribution in [0.15, 0.2) is 42.0 Å². The monoisotopic (exact) mass is 353 g/mol. The lowest BCUT2D eigenvalue weighted by Gasteiger charge is -2.00. The highest BCUT2D eigenvalue weighted by Crippen LogP contribution is 2.20. The van der Waals surface area contributed by atoms with Crippen LogP contribution in [0.2, 0.25) is 0 Å². The number of H-pyrrole nitrogens is 1. The van der Waals surface area contributed by atoms with Crippen LogP contribution in [0.4, 0.5) is 0 Å². The Hall–Kier alpha value is -2.93. The molecule has 0 aliphatic rings. The highest BCUT2D eigenvalue weighted by molar-refractivity contribution is 7.10. The molecule has 0 fully saturated rings. The number of nitrogens with one attached hydrogen (secondary N) is 1. The number of hydrogen-bond donors (Lipinski definition) is 1. The topological polar surface area (TPSA) is 92.8 Å². The van der Waals surface area contributed by atoms with E-state index in [0.29, 0.717) is 12.0 Å². The van der Waals surface area contributed by atoms with Crippen molar-refractivity contribution in [3.63, 3.8) is 0 Å². The van der Waals surface area contributed by atoms with Gasteiger partial charge >= 0.3 is 0 Å². The van der Waals surface area contributed by atoms with E-state index >= 15 is 0 Å². The molecule has 0 amide bonds. The maximum atomic E-state index is 12.0. The summed E-state index contributed by atoms with van der Waals surface area (Å²) >= 11 is 1.54. The first-order chi connectivity index (χ1) is 12.0. The smallest absolute Gasteiger partial charge is 0.265 e. The van der Waals surface area contributed by atoms with Gasteiger partial charge in [0.25, 0.3) is 5.78 Å². The molecule has 0 aliphatic heterocycles. The first kappa shape index (κ1) is 16.9. The molecular formula is C18H15N3O3S. The van der Waals surface area contributed by atoms with Gasteiger partial charge in [0.1, 0.15) is 6.33 Å². The number of aromatic nitrogens is 3. The first-order valence-corrected chi connectivity index (χ1v) is 8.50. The average Bonchev–Trinajstić information content (AvgIpc) is 3.27. The number of carbonyl (C=O) groups is 3. The van der Waals surface area contributed by atoms with Crippen LogP contribution in [-0.2, 0) is 17.6 Å². The summed E-state index contributed by atoms with van der Waals surface area (Å²) in [6.45, 7) is 1.54.